The van der Waals surface area contributed by atoms with Crippen molar-refractivity contribution in [2.75, 3.05) is 6.61 Å². The highest BCUT2D eigenvalue weighted by molar-refractivity contribution is 4.96. The second-order valence-electron chi connectivity index (χ2n) is 3.50. The van der Waals surface area contributed by atoms with E-state index in [0.29, 0.717) is 19.3 Å². The summed E-state index contributed by atoms with van der Waals surface area (Å²) in [6.07, 6.45) is 6.83. The van der Waals surface area contributed by atoms with Crippen LogP contribution in [0.25, 0.3) is 0 Å². The molecule has 0 aliphatic carbocycles. The molecule has 0 aliphatic rings. The summed E-state index contributed by atoms with van der Waals surface area (Å²) in [7, 11) is 0. The summed E-state index contributed by atoms with van der Waals surface area (Å²) < 4.78 is 0. The summed E-state index contributed by atoms with van der Waals surface area (Å²) in [4.78, 5) is 0. The summed E-state index contributed by atoms with van der Waals surface area (Å²) in [5.41, 5.74) is -1.09. The molecule has 0 spiro atoms. The van der Waals surface area contributed by atoms with Crippen molar-refractivity contribution >= 4 is 0 Å². The summed E-state index contributed by atoms with van der Waals surface area (Å²) in [6, 6.07) is 0. The highest BCUT2D eigenvalue weighted by atomic mass is 16.3. The normalized spacial score (nSPS) is 14.8. The van der Waals surface area contributed by atoms with Crippen LogP contribution in [0.3, 0.4) is 0 Å². The number of hydrogen-bond donors (Lipinski definition) is 2. The molecule has 0 aliphatic heterocycles. The van der Waals surface area contributed by atoms with Crippen molar-refractivity contribution in [3.05, 3.63) is 38.0 Å². The van der Waals surface area contributed by atoms with E-state index in [-0.39, 0.29) is 12.5 Å². The fraction of sp³-hybridized carbons (Fsp3) is 0.500. The maximum absolute atomic E-state index is 10.1. The molecule has 2 heteroatoms. The van der Waals surface area contributed by atoms with Gasteiger partial charge in [0.25, 0.3) is 0 Å². The summed E-state index contributed by atoms with van der Waals surface area (Å²) >= 11 is 0. The van der Waals surface area contributed by atoms with Gasteiger partial charge < -0.3 is 10.2 Å². The average molecular weight is 196 g/mol. The van der Waals surface area contributed by atoms with Gasteiger partial charge in [0, 0.05) is 0 Å². The maximum Gasteiger partial charge on any atom is 0.0945 e. The number of allylic oxidation sites excluding steroid dienone is 2. The van der Waals surface area contributed by atoms with Crippen LogP contribution in [-0.4, -0.2) is 22.4 Å². The van der Waals surface area contributed by atoms with Crippen LogP contribution >= 0.6 is 0 Å². The van der Waals surface area contributed by atoms with Gasteiger partial charge in [-0.1, -0.05) is 18.2 Å². The Bertz CT molecular complexity index is 188. The number of rotatable bonds is 8. The van der Waals surface area contributed by atoms with E-state index in [9.17, 15) is 10.2 Å². The summed E-state index contributed by atoms with van der Waals surface area (Å²) in [5, 5.41) is 19.3. The van der Waals surface area contributed by atoms with Gasteiger partial charge in [-0.2, -0.15) is 0 Å². The van der Waals surface area contributed by atoms with Gasteiger partial charge in [0.2, 0.25) is 0 Å². The van der Waals surface area contributed by atoms with Gasteiger partial charge in [-0.25, -0.2) is 0 Å². The number of aliphatic hydroxyl groups excluding tert-OH is 1. The van der Waals surface area contributed by atoms with Gasteiger partial charge >= 0.3 is 0 Å². The molecular weight excluding hydrogens is 176 g/mol. The monoisotopic (exact) mass is 196 g/mol. The van der Waals surface area contributed by atoms with Crippen LogP contribution in [-0.2, 0) is 0 Å². The summed E-state index contributed by atoms with van der Waals surface area (Å²) in [6.45, 7) is 10.6. The van der Waals surface area contributed by atoms with Crippen LogP contribution in [0.1, 0.15) is 19.3 Å². The first-order valence-electron chi connectivity index (χ1n) is 4.80. The summed E-state index contributed by atoms with van der Waals surface area (Å²) in [5.74, 6) is -0.0412. The highest BCUT2D eigenvalue weighted by Gasteiger charge is 2.33. The second-order valence-corrected chi connectivity index (χ2v) is 3.50. The first kappa shape index (κ1) is 13.1. The molecule has 80 valence electrons. The van der Waals surface area contributed by atoms with E-state index >= 15 is 0 Å². The first-order valence-corrected chi connectivity index (χ1v) is 4.80. The third-order valence-electron chi connectivity index (χ3n) is 2.43. The molecule has 0 aromatic rings. The van der Waals surface area contributed by atoms with Gasteiger partial charge in [-0.05, 0) is 25.2 Å². The van der Waals surface area contributed by atoms with E-state index < -0.39 is 5.60 Å². The lowest BCUT2D eigenvalue weighted by molar-refractivity contribution is -0.0578. The van der Waals surface area contributed by atoms with E-state index in [1.54, 1.807) is 18.2 Å². The lowest BCUT2D eigenvalue weighted by Crippen LogP contribution is -2.41. The Morgan fingerprint density at radius 3 is 1.86 bits per heavy atom. The topological polar surface area (TPSA) is 40.5 Å². The number of aliphatic hydroxyl groups is 2. The van der Waals surface area contributed by atoms with Crippen molar-refractivity contribution in [2.45, 2.75) is 24.9 Å². The molecule has 0 bridgehead atoms. The fourth-order valence-corrected chi connectivity index (χ4v) is 1.55. The van der Waals surface area contributed by atoms with Gasteiger partial charge in [0.1, 0.15) is 0 Å². The van der Waals surface area contributed by atoms with E-state index in [4.69, 9.17) is 0 Å². The van der Waals surface area contributed by atoms with Crippen LogP contribution in [0.4, 0.5) is 0 Å². The van der Waals surface area contributed by atoms with Crippen molar-refractivity contribution in [2.24, 2.45) is 5.92 Å². The first-order chi connectivity index (χ1) is 6.64. The minimum absolute atomic E-state index is 0.0412. The predicted octanol–water partition coefficient (Wildman–Crippen LogP) is 2.05. The lowest BCUT2D eigenvalue weighted by Gasteiger charge is -2.32. The fourth-order valence-electron chi connectivity index (χ4n) is 1.55. The SMILES string of the molecule is C=CCC(CC=C)C(O)(CO)CC=C. The molecule has 0 fully saturated rings. The van der Waals surface area contributed by atoms with Crippen LogP contribution in [0, 0.1) is 5.92 Å². The lowest BCUT2D eigenvalue weighted by atomic mass is 9.81. The third-order valence-corrected chi connectivity index (χ3v) is 2.43. The molecule has 0 saturated heterocycles. The third kappa shape index (κ3) is 3.48. The molecule has 0 aromatic heterocycles. The Morgan fingerprint density at radius 2 is 1.57 bits per heavy atom. The predicted molar refractivity (Wildman–Crippen MR) is 60.0 cm³/mol. The Kier molecular flexibility index (Phi) is 6.17. The molecule has 0 rings (SSSR count). The van der Waals surface area contributed by atoms with E-state index in [2.05, 4.69) is 19.7 Å². The molecular formula is C12H20O2. The van der Waals surface area contributed by atoms with Crippen molar-refractivity contribution < 1.29 is 10.2 Å². The van der Waals surface area contributed by atoms with Crippen LogP contribution in [0.15, 0.2) is 38.0 Å². The van der Waals surface area contributed by atoms with Crippen LogP contribution in [0.5, 0.6) is 0 Å². The molecule has 14 heavy (non-hydrogen) atoms. The minimum atomic E-state index is -1.09. The molecule has 0 aromatic carbocycles. The Labute approximate surface area is 86.3 Å². The Morgan fingerprint density at radius 1 is 1.07 bits per heavy atom. The molecule has 1 unspecified atom stereocenters. The molecule has 0 saturated carbocycles. The van der Waals surface area contributed by atoms with E-state index in [1.165, 1.54) is 0 Å². The Balaban J connectivity index is 4.60. The van der Waals surface area contributed by atoms with Crippen molar-refractivity contribution in [1.82, 2.24) is 0 Å². The van der Waals surface area contributed by atoms with Gasteiger partial charge in [0.05, 0.1) is 12.2 Å². The molecule has 2 N–H and O–H groups in total. The van der Waals surface area contributed by atoms with Crippen molar-refractivity contribution in [3.63, 3.8) is 0 Å². The standard InChI is InChI=1S/C12H20O2/c1-4-7-11(8-5-2)12(14,10-13)9-6-3/h4-6,11,13-14H,1-3,7-10H2. The largest absolute Gasteiger partial charge is 0.393 e. The van der Waals surface area contributed by atoms with E-state index in [1.807, 2.05) is 0 Å². The highest BCUT2D eigenvalue weighted by Crippen LogP contribution is 2.28. The zero-order valence-corrected chi connectivity index (χ0v) is 8.65. The quantitative estimate of drug-likeness (QED) is 0.583. The molecule has 0 radical (unpaired) electrons. The zero-order chi connectivity index (χ0) is 11.0. The van der Waals surface area contributed by atoms with Crippen LogP contribution < -0.4 is 0 Å². The molecule has 0 amide bonds. The van der Waals surface area contributed by atoms with Gasteiger partial charge in [0.15, 0.2) is 0 Å². The van der Waals surface area contributed by atoms with Gasteiger partial charge in [-0.3, -0.25) is 0 Å². The zero-order valence-electron chi connectivity index (χ0n) is 8.65. The van der Waals surface area contributed by atoms with Crippen molar-refractivity contribution in [3.8, 4) is 0 Å². The van der Waals surface area contributed by atoms with Crippen LogP contribution in [0.2, 0.25) is 0 Å². The molecule has 2 nitrogen and oxygen atoms in total. The maximum atomic E-state index is 10.1. The number of hydrogen-bond acceptors (Lipinski definition) is 2. The van der Waals surface area contributed by atoms with E-state index in [0.717, 1.165) is 0 Å². The van der Waals surface area contributed by atoms with Crippen molar-refractivity contribution in [1.29, 1.82) is 0 Å². The van der Waals surface area contributed by atoms with Gasteiger partial charge in [-0.15, -0.1) is 19.7 Å². The molecule has 1 atom stereocenters. The second kappa shape index (κ2) is 6.57. The smallest absolute Gasteiger partial charge is 0.0945 e. The Hall–Kier alpha value is -0.860. The minimum Gasteiger partial charge on any atom is -0.393 e. The molecule has 0 heterocycles. The average Bonchev–Trinajstić information content (AvgIpc) is 2.18.